The number of hydrogen-bond acceptors (Lipinski definition) is 2. The molecular formula is C32H39NOSi. The number of aromatic nitrogens is 1. The number of rotatable bonds is 3. The molecule has 0 radical (unpaired) electrons. The SMILES string of the molecule is [2H]c1cc2cc([Si](C)(C)C)cc3c2c(n1)-c1cc2cc(CC(C)(C)C)ccc2c(CC(C)(C)C)c1O3. The van der Waals surface area contributed by atoms with Crippen molar-refractivity contribution in [2.45, 2.75) is 74.0 Å². The van der Waals surface area contributed by atoms with Gasteiger partial charge in [-0.2, -0.15) is 0 Å². The van der Waals surface area contributed by atoms with E-state index in [0.717, 1.165) is 46.4 Å². The molecule has 0 spiro atoms. The highest BCUT2D eigenvalue weighted by Gasteiger charge is 2.29. The number of ether oxygens (including phenoxy) is 1. The van der Waals surface area contributed by atoms with Crippen LogP contribution in [0.25, 0.3) is 32.8 Å². The van der Waals surface area contributed by atoms with Crippen molar-refractivity contribution < 1.29 is 6.11 Å². The third-order valence-corrected chi connectivity index (χ3v) is 8.82. The first-order valence-electron chi connectivity index (χ1n) is 13.3. The van der Waals surface area contributed by atoms with Crippen molar-refractivity contribution in [3.63, 3.8) is 0 Å². The molecule has 0 atom stereocenters. The van der Waals surface area contributed by atoms with Gasteiger partial charge in [0.15, 0.2) is 0 Å². The van der Waals surface area contributed by atoms with Gasteiger partial charge in [-0.05, 0) is 63.6 Å². The maximum atomic E-state index is 8.54. The van der Waals surface area contributed by atoms with E-state index in [9.17, 15) is 0 Å². The molecule has 1 aliphatic rings. The Morgan fingerprint density at radius 3 is 2.23 bits per heavy atom. The molecule has 35 heavy (non-hydrogen) atoms. The summed E-state index contributed by atoms with van der Waals surface area (Å²) < 4.78 is 15.4. The molecule has 1 aliphatic heterocycles. The van der Waals surface area contributed by atoms with Gasteiger partial charge >= 0.3 is 0 Å². The first-order chi connectivity index (χ1) is 16.6. The largest absolute Gasteiger partial charge is 0.456 e. The molecule has 0 bridgehead atoms. The summed E-state index contributed by atoms with van der Waals surface area (Å²) in [7, 11) is -1.58. The van der Waals surface area contributed by atoms with Crippen LogP contribution >= 0.6 is 0 Å². The van der Waals surface area contributed by atoms with E-state index in [1.54, 1.807) is 0 Å². The Kier molecular flexibility index (Phi) is 5.16. The molecular weight excluding hydrogens is 442 g/mol. The Balaban J connectivity index is 1.84. The van der Waals surface area contributed by atoms with Gasteiger partial charge in [0.2, 0.25) is 0 Å². The lowest BCUT2D eigenvalue weighted by Crippen LogP contribution is -2.37. The van der Waals surface area contributed by atoms with Gasteiger partial charge < -0.3 is 4.74 Å². The summed E-state index contributed by atoms with van der Waals surface area (Å²) in [5.41, 5.74) is 4.80. The summed E-state index contributed by atoms with van der Waals surface area (Å²) in [6.45, 7) is 20.8. The van der Waals surface area contributed by atoms with Crippen molar-refractivity contribution in [1.82, 2.24) is 4.98 Å². The van der Waals surface area contributed by atoms with Gasteiger partial charge in [0.1, 0.15) is 11.5 Å². The molecule has 0 aliphatic carbocycles. The predicted octanol–water partition coefficient (Wildman–Crippen LogP) is 8.88. The Morgan fingerprint density at radius 1 is 0.857 bits per heavy atom. The van der Waals surface area contributed by atoms with Crippen LogP contribution in [-0.2, 0) is 12.8 Å². The predicted molar refractivity (Wildman–Crippen MR) is 154 cm³/mol. The fraction of sp³-hybridized carbons (Fsp3) is 0.406. The van der Waals surface area contributed by atoms with Crippen molar-refractivity contribution in [3.05, 3.63) is 59.8 Å². The third-order valence-electron chi connectivity index (χ3n) is 6.80. The highest BCUT2D eigenvalue weighted by molar-refractivity contribution is 6.88. The van der Waals surface area contributed by atoms with Crippen LogP contribution in [0.1, 0.15) is 54.0 Å². The molecule has 3 heteroatoms. The van der Waals surface area contributed by atoms with Gasteiger partial charge in [0, 0.05) is 17.3 Å². The second kappa shape index (κ2) is 7.93. The maximum absolute atomic E-state index is 8.54. The van der Waals surface area contributed by atoms with Crippen LogP contribution in [0.2, 0.25) is 19.6 Å². The molecule has 4 aromatic rings. The number of fused-ring (bicyclic) bond motifs is 3. The van der Waals surface area contributed by atoms with Gasteiger partial charge in [-0.1, -0.05) is 90.6 Å². The van der Waals surface area contributed by atoms with E-state index in [0.29, 0.717) is 6.17 Å². The standard InChI is InChI=1S/C32H39NOSi/c1-31(2,3)18-20-10-11-24-22(14-20)16-25-29-28-21(12-13-33-29)15-23(35(7,8)9)17-27(28)34-30(25)26(24)19-32(4,5)6/h10-17H,18-19H2,1-9H3/i13D. The van der Waals surface area contributed by atoms with Crippen molar-refractivity contribution in [3.8, 4) is 22.8 Å². The summed E-state index contributed by atoms with van der Waals surface area (Å²) in [5.74, 6) is 1.81. The van der Waals surface area contributed by atoms with E-state index < -0.39 is 8.07 Å². The molecule has 2 nitrogen and oxygen atoms in total. The van der Waals surface area contributed by atoms with Gasteiger partial charge in [-0.3, -0.25) is 4.98 Å². The Labute approximate surface area is 213 Å². The highest BCUT2D eigenvalue weighted by atomic mass is 28.3. The van der Waals surface area contributed by atoms with Crippen LogP contribution in [0, 0.1) is 10.8 Å². The van der Waals surface area contributed by atoms with Crippen LogP contribution in [0.4, 0.5) is 0 Å². The van der Waals surface area contributed by atoms with E-state index in [-0.39, 0.29) is 10.8 Å². The molecule has 0 amide bonds. The normalized spacial score (nSPS) is 14.1. The minimum atomic E-state index is -1.58. The average Bonchev–Trinajstić information content (AvgIpc) is 2.71. The minimum Gasteiger partial charge on any atom is -0.456 e. The molecule has 5 rings (SSSR count). The Morgan fingerprint density at radius 2 is 1.57 bits per heavy atom. The summed E-state index contributed by atoms with van der Waals surface area (Å²) in [6.07, 6.45) is 2.24. The lowest BCUT2D eigenvalue weighted by Gasteiger charge is -2.29. The van der Waals surface area contributed by atoms with Crippen molar-refractivity contribution in [2.75, 3.05) is 0 Å². The van der Waals surface area contributed by atoms with Crippen LogP contribution in [0.3, 0.4) is 0 Å². The smallest absolute Gasteiger partial charge is 0.140 e. The fourth-order valence-electron chi connectivity index (χ4n) is 5.28. The quantitative estimate of drug-likeness (QED) is 0.240. The fourth-order valence-corrected chi connectivity index (χ4v) is 6.43. The van der Waals surface area contributed by atoms with Gasteiger partial charge in [-0.25, -0.2) is 0 Å². The average molecular weight is 483 g/mol. The topological polar surface area (TPSA) is 22.1 Å². The summed E-state index contributed by atoms with van der Waals surface area (Å²) in [5, 5.41) is 5.92. The van der Waals surface area contributed by atoms with E-state index in [1.165, 1.54) is 27.1 Å². The molecule has 0 saturated carbocycles. The molecule has 1 aromatic heterocycles. The van der Waals surface area contributed by atoms with E-state index in [4.69, 9.17) is 11.1 Å². The number of pyridine rings is 1. The zero-order chi connectivity index (χ0) is 26.2. The molecule has 0 unspecified atom stereocenters. The summed E-state index contributed by atoms with van der Waals surface area (Å²) in [4.78, 5) is 4.79. The van der Waals surface area contributed by atoms with Crippen molar-refractivity contribution >= 4 is 34.8 Å². The second-order valence-electron chi connectivity index (χ2n) is 13.8. The van der Waals surface area contributed by atoms with Gasteiger partial charge in [0.05, 0.1) is 20.5 Å². The van der Waals surface area contributed by atoms with E-state index >= 15 is 0 Å². The van der Waals surface area contributed by atoms with Crippen LogP contribution in [0.5, 0.6) is 11.5 Å². The Bertz CT molecular complexity index is 1520. The lowest BCUT2D eigenvalue weighted by molar-refractivity contribution is 0.400. The number of nitrogens with zero attached hydrogens (tertiary/aromatic N) is 1. The number of hydrogen-bond donors (Lipinski definition) is 0. The van der Waals surface area contributed by atoms with Crippen LogP contribution in [-0.4, -0.2) is 13.1 Å². The monoisotopic (exact) mass is 482 g/mol. The van der Waals surface area contributed by atoms with Crippen molar-refractivity contribution in [1.29, 1.82) is 0 Å². The molecule has 0 saturated heterocycles. The van der Waals surface area contributed by atoms with Crippen LogP contribution < -0.4 is 9.92 Å². The van der Waals surface area contributed by atoms with Gasteiger partial charge in [0.25, 0.3) is 0 Å². The van der Waals surface area contributed by atoms with Crippen LogP contribution in [0.15, 0.2) is 48.6 Å². The molecule has 0 N–H and O–H groups in total. The maximum Gasteiger partial charge on any atom is 0.140 e. The lowest BCUT2D eigenvalue weighted by atomic mass is 9.82. The summed E-state index contributed by atoms with van der Waals surface area (Å²) >= 11 is 0. The minimum absolute atomic E-state index is 0.0932. The van der Waals surface area contributed by atoms with Gasteiger partial charge in [-0.15, -0.1) is 0 Å². The third kappa shape index (κ3) is 4.63. The van der Waals surface area contributed by atoms with E-state index in [2.05, 4.69) is 97.6 Å². The summed E-state index contributed by atoms with van der Waals surface area (Å²) in [6, 6.07) is 15.6. The zero-order valence-electron chi connectivity index (χ0n) is 23.8. The Hall–Kier alpha value is -2.65. The van der Waals surface area contributed by atoms with E-state index in [1.807, 2.05) is 6.07 Å². The van der Waals surface area contributed by atoms with Crippen molar-refractivity contribution in [2.24, 2.45) is 10.8 Å². The second-order valence-corrected chi connectivity index (χ2v) is 18.9. The highest BCUT2D eigenvalue weighted by Crippen LogP contribution is 2.50. The first kappa shape index (κ1) is 22.8. The first-order valence-corrected chi connectivity index (χ1v) is 16.3. The molecule has 2 heterocycles. The zero-order valence-corrected chi connectivity index (χ0v) is 23.8. The molecule has 3 aromatic carbocycles. The molecule has 0 fully saturated rings. The molecule has 182 valence electrons. The number of benzene rings is 3.